The first-order valence-corrected chi connectivity index (χ1v) is 13.8. The van der Waals surface area contributed by atoms with Crippen LogP contribution in [0.15, 0.2) is 91.4 Å². The number of allylic oxidation sites excluding steroid dienone is 11. The van der Waals surface area contributed by atoms with Crippen molar-refractivity contribution < 1.29 is 17.6 Å². The van der Waals surface area contributed by atoms with E-state index in [4.69, 9.17) is 0 Å². The van der Waals surface area contributed by atoms with Crippen molar-refractivity contribution in [1.29, 1.82) is 0 Å². The maximum Gasteiger partial charge on any atom is 0.359 e. The van der Waals surface area contributed by atoms with Crippen molar-refractivity contribution in [3.63, 3.8) is 0 Å². The van der Waals surface area contributed by atoms with Gasteiger partial charge in [0.1, 0.15) is 11.6 Å². The second-order valence-corrected chi connectivity index (χ2v) is 10.3. The lowest BCUT2D eigenvalue weighted by molar-refractivity contribution is 0.487. The third-order valence-corrected chi connectivity index (χ3v) is 6.52. The molecular weight excluding hydrogens is 562 g/mol. The molecule has 0 atom stereocenters. The molecule has 2 aromatic rings. The molecule has 0 saturated carbocycles. The minimum Gasteiger partial charge on any atom is -0.323 e. The van der Waals surface area contributed by atoms with E-state index in [9.17, 15) is 22.8 Å². The van der Waals surface area contributed by atoms with Gasteiger partial charge in [-0.15, -0.1) is 0 Å². The molecule has 11 heteroatoms. The second-order valence-electron chi connectivity index (χ2n) is 10.3. The van der Waals surface area contributed by atoms with E-state index in [1.54, 1.807) is 32.9 Å². The Morgan fingerprint density at radius 3 is 2.30 bits per heavy atom. The van der Waals surface area contributed by atoms with Gasteiger partial charge < -0.3 is 5.32 Å². The van der Waals surface area contributed by atoms with E-state index >= 15 is 4.39 Å². The molecule has 0 aliphatic heterocycles. The number of benzene rings is 1. The molecule has 3 rings (SSSR count). The van der Waals surface area contributed by atoms with Crippen LogP contribution in [0.5, 0.6) is 0 Å². The third-order valence-electron chi connectivity index (χ3n) is 6.52. The number of aliphatic imine (C=N–C) groups is 1. The number of hydrogen-bond donors (Lipinski definition) is 1. The van der Waals surface area contributed by atoms with Crippen LogP contribution in [0.1, 0.15) is 60.5 Å². The van der Waals surface area contributed by atoms with Gasteiger partial charge in [0.15, 0.2) is 11.6 Å². The molecule has 228 valence electrons. The van der Waals surface area contributed by atoms with Crippen LogP contribution < -0.4 is 16.7 Å². The van der Waals surface area contributed by atoms with Gasteiger partial charge in [-0.1, -0.05) is 30.7 Å². The minimum absolute atomic E-state index is 0.109. The Bertz CT molecular complexity index is 1750. The lowest BCUT2D eigenvalue weighted by Crippen LogP contribution is -2.42. The first-order chi connectivity index (χ1) is 20.3. The maximum atomic E-state index is 15.3. The molecule has 0 spiro atoms. The second kappa shape index (κ2) is 14.1. The van der Waals surface area contributed by atoms with Gasteiger partial charge in [0, 0.05) is 23.7 Å². The predicted molar refractivity (Wildman–Crippen MR) is 163 cm³/mol. The molecule has 0 unspecified atom stereocenters. The molecule has 7 nitrogen and oxygen atoms in total. The largest absolute Gasteiger partial charge is 0.359 e. The van der Waals surface area contributed by atoms with Crippen LogP contribution in [0.4, 0.5) is 23.5 Å². The number of nitrogens with one attached hydrogen (secondary N) is 1. The zero-order chi connectivity index (χ0) is 32.0. The zero-order valence-electron chi connectivity index (χ0n) is 25.2. The Morgan fingerprint density at radius 2 is 1.70 bits per heavy atom. The molecule has 1 aliphatic carbocycles. The summed E-state index contributed by atoms with van der Waals surface area (Å²) < 4.78 is 59.3. The van der Waals surface area contributed by atoms with E-state index in [1.807, 2.05) is 33.8 Å². The van der Waals surface area contributed by atoms with Crippen molar-refractivity contribution in [3.8, 4) is 0 Å². The van der Waals surface area contributed by atoms with Crippen molar-refractivity contribution in [1.82, 2.24) is 14.1 Å². The van der Waals surface area contributed by atoms with E-state index in [-0.39, 0.29) is 23.0 Å². The Labute approximate surface area is 247 Å². The summed E-state index contributed by atoms with van der Waals surface area (Å²) in [4.78, 5) is 35.6. The van der Waals surface area contributed by atoms with Crippen LogP contribution in [-0.2, 0) is 6.54 Å². The summed E-state index contributed by atoms with van der Waals surface area (Å²) in [5.41, 5.74) is 0.485. The summed E-state index contributed by atoms with van der Waals surface area (Å²) in [5.74, 6) is -5.03. The Balaban J connectivity index is 2.25. The normalized spacial score (nSPS) is 16.7. The van der Waals surface area contributed by atoms with Gasteiger partial charge in [-0.3, -0.25) is 9.56 Å². The van der Waals surface area contributed by atoms with Crippen molar-refractivity contribution in [3.05, 3.63) is 121 Å². The zero-order valence-corrected chi connectivity index (χ0v) is 25.2. The molecule has 0 amide bonds. The van der Waals surface area contributed by atoms with E-state index < -0.39 is 47.2 Å². The monoisotopic (exact) mass is 597 g/mol. The molecule has 0 fully saturated rings. The molecule has 1 N–H and O–H groups in total. The minimum atomic E-state index is -1.40. The smallest absolute Gasteiger partial charge is 0.323 e. The Morgan fingerprint density at radius 1 is 1.02 bits per heavy atom. The van der Waals surface area contributed by atoms with Crippen molar-refractivity contribution >= 4 is 17.4 Å². The third kappa shape index (κ3) is 7.85. The van der Waals surface area contributed by atoms with E-state index in [2.05, 4.69) is 15.3 Å². The Hall–Kier alpha value is -4.54. The maximum absolute atomic E-state index is 15.3. The van der Waals surface area contributed by atoms with E-state index in [0.29, 0.717) is 23.4 Å². The molecule has 0 saturated heterocycles. The van der Waals surface area contributed by atoms with Gasteiger partial charge in [0.25, 0.3) is 0 Å². The predicted octanol–water partition coefficient (Wildman–Crippen LogP) is 6.99. The number of halogens is 4. The van der Waals surface area contributed by atoms with Gasteiger partial charge in [-0.05, 0) is 77.3 Å². The van der Waals surface area contributed by atoms with Crippen molar-refractivity contribution in [2.45, 2.75) is 67.5 Å². The topological polar surface area (TPSA) is 81.3 Å². The lowest BCUT2D eigenvalue weighted by Gasteiger charge is -2.20. The van der Waals surface area contributed by atoms with Gasteiger partial charge in [0.05, 0.1) is 23.7 Å². The lowest BCUT2D eigenvalue weighted by atomic mass is 10.0. The first kappa shape index (κ1) is 33.0. The van der Waals surface area contributed by atoms with Crippen LogP contribution >= 0.6 is 0 Å². The molecule has 1 aromatic heterocycles. The summed E-state index contributed by atoms with van der Waals surface area (Å²) in [7, 11) is 0. The van der Waals surface area contributed by atoms with Crippen molar-refractivity contribution in [2.24, 2.45) is 4.99 Å². The van der Waals surface area contributed by atoms with Crippen molar-refractivity contribution in [2.75, 3.05) is 5.32 Å². The van der Waals surface area contributed by atoms with Crippen LogP contribution in [0.25, 0.3) is 5.70 Å². The number of aromatic nitrogens is 3. The highest BCUT2D eigenvalue weighted by Gasteiger charge is 2.22. The van der Waals surface area contributed by atoms with E-state index in [0.717, 1.165) is 26.7 Å². The number of nitrogens with zero attached hydrogens (tertiary/aromatic N) is 4. The van der Waals surface area contributed by atoms with Crippen LogP contribution in [0.2, 0.25) is 0 Å². The van der Waals surface area contributed by atoms with Crippen LogP contribution in [0.3, 0.4) is 0 Å². The van der Waals surface area contributed by atoms with Gasteiger partial charge in [-0.25, -0.2) is 31.7 Å². The van der Waals surface area contributed by atoms with Crippen LogP contribution in [0, 0.1) is 17.5 Å². The summed E-state index contributed by atoms with van der Waals surface area (Å²) in [6, 6.07) is 0.863. The molecule has 0 bridgehead atoms. The SMILES string of the molecule is C/C=C1/C=C(Nc2nc(=O)n(C(/C=C(C)\C=C(/C)CC)=C/C)c(=O)n2Cc2cc(F)c(F)cc2F)C(F)=C/C1=N/C(C)C. The fourth-order valence-electron chi connectivity index (χ4n) is 4.27. The van der Waals surface area contributed by atoms with Gasteiger partial charge in [0.2, 0.25) is 5.95 Å². The molecule has 43 heavy (non-hydrogen) atoms. The Kier molecular flexibility index (Phi) is 10.8. The molecular formula is C32H35F4N5O2. The highest BCUT2D eigenvalue weighted by molar-refractivity contribution is 6.12. The average molecular weight is 598 g/mol. The molecule has 0 radical (unpaired) electrons. The fraction of sp³-hybridized carbons (Fsp3) is 0.312. The summed E-state index contributed by atoms with van der Waals surface area (Å²) >= 11 is 0. The number of hydrogen-bond acceptors (Lipinski definition) is 5. The van der Waals surface area contributed by atoms with E-state index in [1.165, 1.54) is 18.2 Å². The summed E-state index contributed by atoms with van der Waals surface area (Å²) in [6.07, 6.45) is 10.2. The number of anilines is 1. The number of rotatable bonds is 9. The van der Waals surface area contributed by atoms with Gasteiger partial charge >= 0.3 is 11.4 Å². The summed E-state index contributed by atoms with van der Waals surface area (Å²) in [6.45, 7) is 12.1. The highest BCUT2D eigenvalue weighted by Crippen LogP contribution is 2.24. The first-order valence-electron chi connectivity index (χ1n) is 13.8. The molecule has 1 aromatic carbocycles. The standard InChI is InChI=1S/C32H35F4N5O2/c1-8-19(6)11-20(7)12-23(10-3)41-31(42)39-30(38-29-14-21(9-2)28(16-27(29)36)37-18(4)5)40(32(41)43)17-22-13-25(34)26(35)15-24(22)33/h9-16,18H,8,17H2,1-7H3,(H,38,39,42)/b19-11+,20-12-,21-9-,23-10+,37-28-. The quantitative estimate of drug-likeness (QED) is 0.192. The van der Waals surface area contributed by atoms with Crippen LogP contribution in [-0.4, -0.2) is 25.9 Å². The molecule has 1 aliphatic rings. The average Bonchev–Trinajstić information content (AvgIpc) is 2.93. The fourth-order valence-corrected chi connectivity index (χ4v) is 4.27. The highest BCUT2D eigenvalue weighted by atomic mass is 19.2. The summed E-state index contributed by atoms with van der Waals surface area (Å²) in [5, 5.41) is 2.67. The molecule has 1 heterocycles. The van der Waals surface area contributed by atoms with Gasteiger partial charge in [-0.2, -0.15) is 4.98 Å².